The molecule has 0 bridgehead atoms. The summed E-state index contributed by atoms with van der Waals surface area (Å²) in [6, 6.07) is 9.04. The first-order valence-electron chi connectivity index (χ1n) is 6.92. The molecule has 2 amide bonds. The molecule has 0 aliphatic carbocycles. The molecule has 2 heterocycles. The Labute approximate surface area is 139 Å². The Hall–Kier alpha value is -3.07. The lowest BCUT2D eigenvalue weighted by atomic mass is 10.3. The van der Waals surface area contributed by atoms with Crippen molar-refractivity contribution in [1.29, 1.82) is 0 Å². The normalized spacial score (nSPS) is 10.4. The van der Waals surface area contributed by atoms with E-state index in [0.29, 0.717) is 11.6 Å². The van der Waals surface area contributed by atoms with Gasteiger partial charge in [-0.15, -0.1) is 11.3 Å². The summed E-state index contributed by atoms with van der Waals surface area (Å²) in [5, 5.41) is 13.4. The summed E-state index contributed by atoms with van der Waals surface area (Å²) in [6.45, 7) is 0.0216. The van der Waals surface area contributed by atoms with E-state index in [1.165, 1.54) is 29.5 Å². The number of hydrogen-bond donors (Lipinski definition) is 3. The molecule has 3 N–H and O–H groups in total. The third-order valence-corrected chi connectivity index (χ3v) is 3.84. The summed E-state index contributed by atoms with van der Waals surface area (Å²) >= 11 is 1.49. The van der Waals surface area contributed by atoms with Crippen molar-refractivity contribution in [1.82, 2.24) is 20.5 Å². The molecule has 0 fully saturated rings. The van der Waals surface area contributed by atoms with Crippen molar-refractivity contribution in [2.45, 2.75) is 6.54 Å². The van der Waals surface area contributed by atoms with Gasteiger partial charge in [-0.3, -0.25) is 14.7 Å². The van der Waals surface area contributed by atoms with Crippen LogP contribution < -0.4 is 10.6 Å². The van der Waals surface area contributed by atoms with Crippen LogP contribution in [-0.2, 0) is 16.1 Å². The molecule has 0 saturated heterocycles. The molecule has 7 nitrogen and oxygen atoms in total. The number of thiophene rings is 1. The van der Waals surface area contributed by atoms with E-state index in [4.69, 9.17) is 0 Å². The van der Waals surface area contributed by atoms with Gasteiger partial charge in [0.1, 0.15) is 11.6 Å². The number of benzene rings is 1. The van der Waals surface area contributed by atoms with Gasteiger partial charge in [0, 0.05) is 5.69 Å². The molecule has 2 aromatic heterocycles. The van der Waals surface area contributed by atoms with Crippen molar-refractivity contribution >= 4 is 28.8 Å². The lowest BCUT2D eigenvalue weighted by Crippen LogP contribution is -2.35. The van der Waals surface area contributed by atoms with Gasteiger partial charge in [0.25, 0.3) is 0 Å². The average Bonchev–Trinajstić information content (AvgIpc) is 3.23. The second kappa shape index (κ2) is 7.01. The number of aromatic nitrogens is 3. The second-order valence-corrected chi connectivity index (χ2v) is 5.68. The van der Waals surface area contributed by atoms with Crippen molar-refractivity contribution in [3.05, 3.63) is 53.4 Å². The van der Waals surface area contributed by atoms with Crippen LogP contribution in [0.15, 0.2) is 41.8 Å². The smallest absolute Gasteiger partial charge is 0.313 e. The highest BCUT2D eigenvalue weighted by molar-refractivity contribution is 7.13. The molecule has 0 spiro atoms. The van der Waals surface area contributed by atoms with Gasteiger partial charge in [-0.2, -0.15) is 5.10 Å². The van der Waals surface area contributed by atoms with Crippen LogP contribution in [0.1, 0.15) is 5.82 Å². The summed E-state index contributed by atoms with van der Waals surface area (Å²) in [5.41, 5.74) is 0.204. The van der Waals surface area contributed by atoms with Gasteiger partial charge < -0.3 is 10.6 Å². The Bertz CT molecular complexity index is 862. The molecule has 0 atom stereocenters. The maximum atomic E-state index is 13.0. The van der Waals surface area contributed by atoms with Crippen LogP contribution in [0, 0.1) is 5.82 Å². The molecule has 0 radical (unpaired) electrons. The molecule has 1 aromatic carbocycles. The predicted octanol–water partition coefficient (Wildman–Crippen LogP) is 1.93. The number of halogens is 1. The minimum atomic E-state index is -0.890. The molecular weight excluding hydrogens is 333 g/mol. The first kappa shape index (κ1) is 15.8. The van der Waals surface area contributed by atoms with Gasteiger partial charge in [0.2, 0.25) is 0 Å². The number of carbonyl (C=O) groups excluding carboxylic acids is 2. The van der Waals surface area contributed by atoms with Crippen molar-refractivity contribution in [3.63, 3.8) is 0 Å². The number of nitrogens with zero attached hydrogens (tertiary/aromatic N) is 2. The Balaban J connectivity index is 1.54. The monoisotopic (exact) mass is 345 g/mol. The molecular formula is C15H12FN5O2S. The standard InChI is InChI=1S/C15H12FN5O2S/c16-9-3-1-4-10(7-9)18-15(23)14(22)17-8-12-19-13(21-20-12)11-5-2-6-24-11/h1-7H,8H2,(H,17,22)(H,18,23)(H,19,20,21). The van der Waals surface area contributed by atoms with Crippen molar-refractivity contribution in [3.8, 4) is 10.7 Å². The fourth-order valence-electron chi connectivity index (χ4n) is 1.89. The lowest BCUT2D eigenvalue weighted by molar-refractivity contribution is -0.136. The number of H-pyrrole nitrogens is 1. The van der Waals surface area contributed by atoms with E-state index in [1.54, 1.807) is 0 Å². The fourth-order valence-corrected chi connectivity index (χ4v) is 2.55. The number of amides is 2. The van der Waals surface area contributed by atoms with E-state index in [-0.39, 0.29) is 12.2 Å². The molecule has 0 aliphatic rings. The highest BCUT2D eigenvalue weighted by atomic mass is 32.1. The van der Waals surface area contributed by atoms with E-state index in [1.807, 2.05) is 17.5 Å². The van der Waals surface area contributed by atoms with Crippen LogP contribution in [0.5, 0.6) is 0 Å². The highest BCUT2D eigenvalue weighted by Gasteiger charge is 2.15. The Morgan fingerprint density at radius 3 is 2.83 bits per heavy atom. The molecule has 0 aliphatic heterocycles. The zero-order valence-corrected chi connectivity index (χ0v) is 13.1. The second-order valence-electron chi connectivity index (χ2n) is 4.73. The van der Waals surface area contributed by atoms with Gasteiger partial charge in [0.15, 0.2) is 5.82 Å². The molecule has 0 saturated carbocycles. The van der Waals surface area contributed by atoms with Crippen molar-refractivity contribution in [2.75, 3.05) is 5.32 Å². The first-order valence-corrected chi connectivity index (χ1v) is 7.79. The van der Waals surface area contributed by atoms with Crippen LogP contribution in [0.3, 0.4) is 0 Å². The van der Waals surface area contributed by atoms with Crippen LogP contribution in [0.25, 0.3) is 10.7 Å². The van der Waals surface area contributed by atoms with E-state index < -0.39 is 17.6 Å². The number of aromatic amines is 1. The van der Waals surface area contributed by atoms with Gasteiger partial charge >= 0.3 is 11.8 Å². The van der Waals surface area contributed by atoms with Gasteiger partial charge in [-0.25, -0.2) is 9.37 Å². The molecule has 0 unspecified atom stereocenters. The Kier molecular flexibility index (Phi) is 4.62. The molecule has 122 valence electrons. The first-order chi connectivity index (χ1) is 11.6. The maximum Gasteiger partial charge on any atom is 0.313 e. The van der Waals surface area contributed by atoms with Gasteiger partial charge in [-0.05, 0) is 29.6 Å². The van der Waals surface area contributed by atoms with Gasteiger partial charge in [0.05, 0.1) is 11.4 Å². The van der Waals surface area contributed by atoms with Crippen LogP contribution in [-0.4, -0.2) is 27.0 Å². The largest absolute Gasteiger partial charge is 0.341 e. The summed E-state index contributed by atoms with van der Waals surface area (Å²) in [4.78, 5) is 28.6. The van der Waals surface area contributed by atoms with E-state index in [2.05, 4.69) is 25.8 Å². The average molecular weight is 345 g/mol. The predicted molar refractivity (Wildman–Crippen MR) is 86.6 cm³/mol. The Morgan fingerprint density at radius 1 is 1.21 bits per heavy atom. The molecule has 3 rings (SSSR count). The molecule has 9 heteroatoms. The summed E-state index contributed by atoms with van der Waals surface area (Å²) in [7, 11) is 0. The van der Waals surface area contributed by atoms with Crippen molar-refractivity contribution < 1.29 is 14.0 Å². The quantitative estimate of drug-likeness (QED) is 0.629. The summed E-state index contributed by atoms with van der Waals surface area (Å²) in [5.74, 6) is -1.30. The number of carbonyl (C=O) groups is 2. The van der Waals surface area contributed by atoms with E-state index in [9.17, 15) is 14.0 Å². The summed E-state index contributed by atoms with van der Waals surface area (Å²) in [6.07, 6.45) is 0. The number of nitrogens with one attached hydrogen (secondary N) is 3. The topological polar surface area (TPSA) is 99.8 Å². The number of rotatable bonds is 4. The number of anilines is 1. The van der Waals surface area contributed by atoms with E-state index >= 15 is 0 Å². The van der Waals surface area contributed by atoms with Crippen molar-refractivity contribution in [2.24, 2.45) is 0 Å². The zero-order chi connectivity index (χ0) is 16.9. The lowest BCUT2D eigenvalue weighted by Gasteiger charge is -2.05. The Morgan fingerprint density at radius 2 is 2.08 bits per heavy atom. The highest BCUT2D eigenvalue weighted by Crippen LogP contribution is 2.20. The number of hydrogen-bond acceptors (Lipinski definition) is 5. The van der Waals surface area contributed by atoms with Crippen LogP contribution >= 0.6 is 11.3 Å². The maximum absolute atomic E-state index is 13.0. The van der Waals surface area contributed by atoms with Gasteiger partial charge in [-0.1, -0.05) is 12.1 Å². The SMILES string of the molecule is O=C(NCc1nc(-c2cccs2)n[nH]1)C(=O)Nc1cccc(F)c1. The third-order valence-electron chi connectivity index (χ3n) is 2.98. The van der Waals surface area contributed by atoms with E-state index in [0.717, 1.165) is 10.9 Å². The minimum absolute atomic E-state index is 0.0216. The third kappa shape index (κ3) is 3.82. The molecule has 3 aromatic rings. The van der Waals surface area contributed by atoms with Crippen LogP contribution in [0.4, 0.5) is 10.1 Å². The van der Waals surface area contributed by atoms with Crippen LogP contribution in [0.2, 0.25) is 0 Å². The minimum Gasteiger partial charge on any atom is -0.341 e. The fraction of sp³-hybridized carbons (Fsp3) is 0.0667. The zero-order valence-electron chi connectivity index (χ0n) is 12.2. The molecule has 24 heavy (non-hydrogen) atoms. The summed E-state index contributed by atoms with van der Waals surface area (Å²) < 4.78 is 13.0.